The Kier molecular flexibility index (Phi) is 4.61. The van der Waals surface area contributed by atoms with E-state index in [1.165, 1.54) is 43.2 Å². The van der Waals surface area contributed by atoms with E-state index in [2.05, 4.69) is 43.4 Å². The first kappa shape index (κ1) is 12.6. The van der Waals surface area contributed by atoms with Crippen LogP contribution < -0.4 is 5.32 Å². The number of rotatable bonds is 7. The van der Waals surface area contributed by atoms with Crippen LogP contribution in [0.1, 0.15) is 56.7 Å². The highest BCUT2D eigenvalue weighted by Gasteiger charge is 2.31. The highest BCUT2D eigenvalue weighted by atomic mass is 14.9. The Labute approximate surface area is 106 Å². The van der Waals surface area contributed by atoms with Gasteiger partial charge in [0.05, 0.1) is 0 Å². The second-order valence-electron chi connectivity index (χ2n) is 5.26. The van der Waals surface area contributed by atoms with E-state index in [1.54, 1.807) is 0 Å². The van der Waals surface area contributed by atoms with Gasteiger partial charge in [-0.3, -0.25) is 0 Å². The molecule has 0 aliphatic heterocycles. The van der Waals surface area contributed by atoms with E-state index in [4.69, 9.17) is 0 Å². The molecule has 1 nitrogen and oxygen atoms in total. The van der Waals surface area contributed by atoms with Crippen LogP contribution >= 0.6 is 0 Å². The van der Waals surface area contributed by atoms with E-state index >= 15 is 0 Å². The van der Waals surface area contributed by atoms with Crippen LogP contribution in [0.25, 0.3) is 0 Å². The second kappa shape index (κ2) is 6.20. The topological polar surface area (TPSA) is 12.0 Å². The van der Waals surface area contributed by atoms with E-state index in [-0.39, 0.29) is 0 Å². The first-order valence-electron chi connectivity index (χ1n) is 7.17. The summed E-state index contributed by atoms with van der Waals surface area (Å²) in [6, 6.07) is 9.80. The van der Waals surface area contributed by atoms with Crippen molar-refractivity contribution in [3.63, 3.8) is 0 Å². The maximum Gasteiger partial charge on any atom is 0.0348 e. The Morgan fingerprint density at radius 3 is 2.71 bits per heavy atom. The number of nitrogens with one attached hydrogen (secondary N) is 1. The highest BCUT2D eigenvalue weighted by molar-refractivity contribution is 5.27. The third-order valence-corrected chi connectivity index (χ3v) is 3.56. The third-order valence-electron chi connectivity index (χ3n) is 3.56. The number of hydrogen-bond donors (Lipinski definition) is 1. The molecule has 1 aromatic rings. The standard InChI is InChI=1S/C16H25N/c1-3-6-13-7-5-8-15(12-13)16(14-9-10-14)17-11-4-2/h5,7-8,12,14,16-17H,3-4,6,9-11H2,1-2H3. The van der Waals surface area contributed by atoms with Gasteiger partial charge in [-0.15, -0.1) is 0 Å². The van der Waals surface area contributed by atoms with Gasteiger partial charge in [0.15, 0.2) is 0 Å². The summed E-state index contributed by atoms with van der Waals surface area (Å²) in [5, 5.41) is 3.72. The Balaban J connectivity index is 2.08. The lowest BCUT2D eigenvalue weighted by molar-refractivity contribution is 0.481. The lowest BCUT2D eigenvalue weighted by Gasteiger charge is -2.19. The molecule has 1 N–H and O–H groups in total. The molecule has 0 bridgehead atoms. The molecular weight excluding hydrogens is 206 g/mol. The molecule has 1 atom stereocenters. The van der Waals surface area contributed by atoms with E-state index in [0.717, 1.165) is 12.5 Å². The lowest BCUT2D eigenvalue weighted by atomic mass is 9.98. The van der Waals surface area contributed by atoms with Gasteiger partial charge in [0.1, 0.15) is 0 Å². The summed E-state index contributed by atoms with van der Waals surface area (Å²) in [7, 11) is 0. The molecule has 1 unspecified atom stereocenters. The monoisotopic (exact) mass is 231 g/mol. The van der Waals surface area contributed by atoms with Crippen molar-refractivity contribution in [1.82, 2.24) is 5.32 Å². The Bertz CT molecular complexity index is 341. The number of hydrogen-bond acceptors (Lipinski definition) is 1. The predicted molar refractivity (Wildman–Crippen MR) is 74.2 cm³/mol. The predicted octanol–water partition coefficient (Wildman–Crippen LogP) is 4.09. The molecule has 94 valence electrons. The molecule has 1 fully saturated rings. The Morgan fingerprint density at radius 1 is 1.24 bits per heavy atom. The molecule has 1 aromatic carbocycles. The zero-order valence-corrected chi connectivity index (χ0v) is 11.2. The van der Waals surface area contributed by atoms with Gasteiger partial charge < -0.3 is 5.32 Å². The van der Waals surface area contributed by atoms with Crippen LogP contribution in [0.5, 0.6) is 0 Å². The highest BCUT2D eigenvalue weighted by Crippen LogP contribution is 2.41. The van der Waals surface area contributed by atoms with Gasteiger partial charge >= 0.3 is 0 Å². The molecule has 17 heavy (non-hydrogen) atoms. The van der Waals surface area contributed by atoms with Gasteiger partial charge in [0, 0.05) is 6.04 Å². The van der Waals surface area contributed by atoms with Crippen LogP contribution in [0.4, 0.5) is 0 Å². The third kappa shape index (κ3) is 3.57. The van der Waals surface area contributed by atoms with E-state index in [9.17, 15) is 0 Å². The minimum atomic E-state index is 0.603. The van der Waals surface area contributed by atoms with E-state index in [1.807, 2.05) is 0 Å². The maximum atomic E-state index is 3.72. The summed E-state index contributed by atoms with van der Waals surface area (Å²) in [5.74, 6) is 0.887. The summed E-state index contributed by atoms with van der Waals surface area (Å²) in [5.41, 5.74) is 3.00. The summed E-state index contributed by atoms with van der Waals surface area (Å²) < 4.78 is 0. The van der Waals surface area contributed by atoms with Crippen molar-refractivity contribution in [2.45, 2.75) is 52.0 Å². The summed E-state index contributed by atoms with van der Waals surface area (Å²) in [4.78, 5) is 0. The quantitative estimate of drug-likeness (QED) is 0.745. The summed E-state index contributed by atoms with van der Waals surface area (Å²) in [6.07, 6.45) is 6.47. The van der Waals surface area contributed by atoms with Crippen molar-refractivity contribution >= 4 is 0 Å². The second-order valence-corrected chi connectivity index (χ2v) is 5.26. The Hall–Kier alpha value is -0.820. The Morgan fingerprint density at radius 2 is 2.06 bits per heavy atom. The first-order valence-corrected chi connectivity index (χ1v) is 7.17. The fraction of sp³-hybridized carbons (Fsp3) is 0.625. The number of benzene rings is 1. The fourth-order valence-corrected chi connectivity index (χ4v) is 2.52. The normalized spacial score (nSPS) is 17.1. The van der Waals surface area contributed by atoms with Crippen molar-refractivity contribution < 1.29 is 0 Å². The van der Waals surface area contributed by atoms with Crippen LogP contribution in [0.3, 0.4) is 0 Å². The van der Waals surface area contributed by atoms with Crippen LogP contribution in [0.2, 0.25) is 0 Å². The SMILES string of the molecule is CCCNC(c1cccc(CCC)c1)C1CC1. The van der Waals surface area contributed by atoms with E-state index < -0.39 is 0 Å². The van der Waals surface area contributed by atoms with E-state index in [0.29, 0.717) is 6.04 Å². The molecule has 1 aliphatic rings. The first-order chi connectivity index (χ1) is 8.35. The van der Waals surface area contributed by atoms with Crippen LogP contribution in [0, 0.1) is 5.92 Å². The van der Waals surface area contributed by atoms with Crippen LogP contribution in [-0.2, 0) is 6.42 Å². The van der Waals surface area contributed by atoms with Gasteiger partial charge in [-0.05, 0) is 49.3 Å². The van der Waals surface area contributed by atoms with Gasteiger partial charge in [0.25, 0.3) is 0 Å². The zero-order valence-electron chi connectivity index (χ0n) is 11.2. The molecule has 1 heteroatoms. The average molecular weight is 231 g/mol. The van der Waals surface area contributed by atoms with Crippen molar-refractivity contribution in [3.8, 4) is 0 Å². The lowest BCUT2D eigenvalue weighted by Crippen LogP contribution is -2.23. The summed E-state index contributed by atoms with van der Waals surface area (Å²) in [6.45, 7) is 5.63. The van der Waals surface area contributed by atoms with Crippen molar-refractivity contribution in [3.05, 3.63) is 35.4 Å². The minimum Gasteiger partial charge on any atom is -0.310 e. The largest absolute Gasteiger partial charge is 0.310 e. The minimum absolute atomic E-state index is 0.603. The van der Waals surface area contributed by atoms with Gasteiger partial charge in [-0.2, -0.15) is 0 Å². The van der Waals surface area contributed by atoms with Crippen molar-refractivity contribution in [1.29, 1.82) is 0 Å². The van der Waals surface area contributed by atoms with Crippen molar-refractivity contribution in [2.75, 3.05) is 6.54 Å². The molecule has 2 rings (SSSR count). The smallest absolute Gasteiger partial charge is 0.0348 e. The van der Waals surface area contributed by atoms with Gasteiger partial charge in [-0.25, -0.2) is 0 Å². The molecular formula is C16H25N. The number of aryl methyl sites for hydroxylation is 1. The fourth-order valence-electron chi connectivity index (χ4n) is 2.52. The molecule has 0 spiro atoms. The van der Waals surface area contributed by atoms with Crippen LogP contribution in [0.15, 0.2) is 24.3 Å². The molecule has 0 aromatic heterocycles. The molecule has 0 amide bonds. The molecule has 0 heterocycles. The van der Waals surface area contributed by atoms with Crippen molar-refractivity contribution in [2.24, 2.45) is 5.92 Å². The molecule has 1 saturated carbocycles. The molecule has 1 aliphatic carbocycles. The van der Waals surface area contributed by atoms with Gasteiger partial charge in [0.2, 0.25) is 0 Å². The summed E-state index contributed by atoms with van der Waals surface area (Å²) >= 11 is 0. The van der Waals surface area contributed by atoms with Gasteiger partial charge in [-0.1, -0.05) is 44.5 Å². The average Bonchev–Trinajstić information content (AvgIpc) is 3.15. The van der Waals surface area contributed by atoms with Crippen LogP contribution in [-0.4, -0.2) is 6.54 Å². The zero-order chi connectivity index (χ0) is 12.1. The molecule has 0 radical (unpaired) electrons. The maximum absolute atomic E-state index is 3.72. The molecule has 0 saturated heterocycles.